The minimum atomic E-state index is -5.05. The number of rotatable bonds is 4. The van der Waals surface area contributed by atoms with E-state index in [0.29, 0.717) is 0 Å². The van der Waals surface area contributed by atoms with E-state index in [1.54, 1.807) is 0 Å². The Kier molecular flexibility index (Phi) is 6.93. The molecule has 10 heteroatoms. The Morgan fingerprint density at radius 3 is 1.18 bits per heavy atom. The van der Waals surface area contributed by atoms with Crippen LogP contribution in [0.25, 0.3) is 0 Å². The van der Waals surface area contributed by atoms with Gasteiger partial charge in [0.05, 0.1) is 0 Å². The van der Waals surface area contributed by atoms with Crippen LogP contribution >= 0.6 is 15.6 Å². The summed E-state index contributed by atoms with van der Waals surface area (Å²) in [4.78, 5) is 31.0. The van der Waals surface area contributed by atoms with Gasteiger partial charge in [-0.3, -0.25) is 0 Å². The molecule has 0 heterocycles. The van der Waals surface area contributed by atoms with Gasteiger partial charge in [0.2, 0.25) is 0 Å². The zero-order valence-corrected chi connectivity index (χ0v) is 12.9. The van der Waals surface area contributed by atoms with E-state index in [9.17, 15) is 9.13 Å². The Balaban J connectivity index is 0.000000239. The maximum atomic E-state index is 9.63. The molecule has 0 aliphatic carbocycles. The molecule has 8 nitrogen and oxygen atoms in total. The van der Waals surface area contributed by atoms with Gasteiger partial charge in [-0.05, 0) is 24.3 Å². The Morgan fingerprint density at radius 1 is 0.636 bits per heavy atom. The average molecular weight is 348 g/mol. The largest absolute Gasteiger partial charge is 0.478 e. The summed E-state index contributed by atoms with van der Waals surface area (Å²) in [6.45, 7) is 0. The highest BCUT2D eigenvalue weighted by Crippen LogP contribution is 2.53. The molecule has 0 unspecified atom stereocenters. The molecule has 0 saturated heterocycles. The van der Waals surface area contributed by atoms with Gasteiger partial charge < -0.3 is 24.3 Å². The van der Waals surface area contributed by atoms with E-state index in [1.807, 2.05) is 60.7 Å². The molecule has 120 valence electrons. The third-order valence-corrected chi connectivity index (χ3v) is 3.64. The van der Waals surface area contributed by atoms with Crippen molar-refractivity contribution in [3.8, 4) is 11.5 Å². The van der Waals surface area contributed by atoms with Crippen LogP contribution in [0.4, 0.5) is 0 Å². The Morgan fingerprint density at radius 2 is 0.955 bits per heavy atom. The van der Waals surface area contributed by atoms with Crippen LogP contribution in [0.15, 0.2) is 60.7 Å². The van der Waals surface area contributed by atoms with Crippen molar-refractivity contribution in [1.82, 2.24) is 0 Å². The van der Waals surface area contributed by atoms with E-state index < -0.39 is 15.6 Å². The minimum Gasteiger partial charge on any atom is -0.457 e. The summed E-state index contributed by atoms with van der Waals surface area (Å²) in [5, 5.41) is 0. The molecular weight excluding hydrogens is 334 g/mol. The smallest absolute Gasteiger partial charge is 0.457 e. The number of para-hydroxylation sites is 2. The summed E-state index contributed by atoms with van der Waals surface area (Å²) in [6, 6.07) is 19.5. The van der Waals surface area contributed by atoms with Crippen molar-refractivity contribution in [3.63, 3.8) is 0 Å². The lowest BCUT2D eigenvalue weighted by atomic mass is 10.3. The van der Waals surface area contributed by atoms with Gasteiger partial charge in [0, 0.05) is 0 Å². The van der Waals surface area contributed by atoms with Crippen LogP contribution < -0.4 is 4.74 Å². The quantitative estimate of drug-likeness (QED) is 0.620. The highest BCUT2D eigenvalue weighted by atomic mass is 31.3. The van der Waals surface area contributed by atoms with Crippen LogP contribution in [0.2, 0.25) is 0 Å². The molecule has 2 rings (SSSR count). The molecule has 0 bridgehead atoms. The van der Waals surface area contributed by atoms with E-state index in [1.165, 1.54) is 0 Å². The molecule has 0 aliphatic heterocycles. The van der Waals surface area contributed by atoms with E-state index in [0.717, 1.165) is 11.5 Å². The lowest BCUT2D eigenvalue weighted by molar-refractivity contribution is 0.225. The van der Waals surface area contributed by atoms with Gasteiger partial charge in [0.25, 0.3) is 0 Å². The van der Waals surface area contributed by atoms with Gasteiger partial charge in [-0.2, -0.15) is 4.31 Å². The molecule has 4 N–H and O–H groups in total. The SMILES string of the molecule is O=P(O)(O)OP(=O)(O)O.c1ccc(Oc2ccccc2)cc1. The van der Waals surface area contributed by atoms with Crippen molar-refractivity contribution in [3.05, 3.63) is 60.7 Å². The predicted molar refractivity (Wildman–Crippen MR) is 78.1 cm³/mol. The first-order valence-corrected chi connectivity index (χ1v) is 8.82. The summed E-state index contributed by atoms with van der Waals surface area (Å²) in [5.74, 6) is 1.74. The zero-order chi connectivity index (χ0) is 16.6. The second-order valence-corrected chi connectivity index (χ2v) is 6.41. The van der Waals surface area contributed by atoms with Crippen LogP contribution in [0, 0.1) is 0 Å². The number of hydrogen-bond acceptors (Lipinski definition) is 4. The van der Waals surface area contributed by atoms with Crippen LogP contribution in [0.3, 0.4) is 0 Å². The number of benzene rings is 2. The topological polar surface area (TPSA) is 134 Å². The predicted octanol–water partition coefficient (Wildman–Crippen LogP) is 2.67. The molecular formula is C12H14O8P2. The fraction of sp³-hybridized carbons (Fsp3) is 0. The first kappa shape index (κ1) is 18.5. The molecule has 0 aromatic heterocycles. The van der Waals surface area contributed by atoms with Crippen molar-refractivity contribution in [1.29, 1.82) is 0 Å². The highest BCUT2D eigenvalue weighted by molar-refractivity contribution is 7.60. The van der Waals surface area contributed by atoms with Crippen molar-refractivity contribution in [2.75, 3.05) is 0 Å². The number of hydrogen-bond donors (Lipinski definition) is 4. The standard InChI is InChI=1S/C12H10O.H4O7P2/c1-3-7-11(8-4-1)13-12-9-5-2-6-10-12;1-8(2,3)7-9(4,5)6/h1-10H;(H2,1,2,3)(H2,4,5,6). The highest BCUT2D eigenvalue weighted by Gasteiger charge is 2.27. The van der Waals surface area contributed by atoms with Crippen molar-refractivity contribution < 1.29 is 37.8 Å². The molecule has 0 atom stereocenters. The molecule has 0 amide bonds. The molecule has 0 saturated carbocycles. The third-order valence-electron chi connectivity index (χ3n) is 1.93. The molecule has 22 heavy (non-hydrogen) atoms. The average Bonchev–Trinajstić information content (AvgIpc) is 2.37. The monoisotopic (exact) mass is 348 g/mol. The van der Waals surface area contributed by atoms with Crippen molar-refractivity contribution >= 4 is 15.6 Å². The van der Waals surface area contributed by atoms with Gasteiger partial charge in [-0.25, -0.2) is 9.13 Å². The second-order valence-electron chi connectivity index (χ2n) is 3.79. The zero-order valence-electron chi connectivity index (χ0n) is 11.1. The molecule has 2 aromatic carbocycles. The van der Waals surface area contributed by atoms with Crippen LogP contribution in [-0.2, 0) is 13.4 Å². The third kappa shape index (κ3) is 9.44. The summed E-state index contributed by atoms with van der Waals surface area (Å²) in [7, 11) is -10.1. The Hall–Kier alpha value is -1.50. The lowest BCUT2D eigenvalue weighted by Gasteiger charge is -2.03. The lowest BCUT2D eigenvalue weighted by Crippen LogP contribution is -1.84. The van der Waals surface area contributed by atoms with E-state index in [4.69, 9.17) is 24.3 Å². The van der Waals surface area contributed by atoms with Gasteiger partial charge >= 0.3 is 15.6 Å². The van der Waals surface area contributed by atoms with Gasteiger partial charge in [0.1, 0.15) is 11.5 Å². The molecule has 0 spiro atoms. The first-order valence-electron chi connectivity index (χ1n) is 5.76. The summed E-state index contributed by atoms with van der Waals surface area (Å²) >= 11 is 0. The summed E-state index contributed by atoms with van der Waals surface area (Å²) in [5.41, 5.74) is 0. The molecule has 0 aliphatic rings. The number of phosphoric acid groups is 2. The van der Waals surface area contributed by atoms with E-state index in [2.05, 4.69) is 4.31 Å². The molecule has 0 radical (unpaired) electrons. The van der Waals surface area contributed by atoms with Gasteiger partial charge in [0.15, 0.2) is 0 Å². The van der Waals surface area contributed by atoms with Crippen LogP contribution in [-0.4, -0.2) is 19.6 Å². The van der Waals surface area contributed by atoms with Gasteiger partial charge in [-0.15, -0.1) is 0 Å². The fourth-order valence-electron chi connectivity index (χ4n) is 1.25. The summed E-state index contributed by atoms with van der Waals surface area (Å²) in [6.07, 6.45) is 0. The maximum Gasteiger partial charge on any atom is 0.478 e. The van der Waals surface area contributed by atoms with Crippen molar-refractivity contribution in [2.45, 2.75) is 0 Å². The Bertz CT molecular complexity index is 592. The van der Waals surface area contributed by atoms with Crippen LogP contribution in [0.5, 0.6) is 11.5 Å². The van der Waals surface area contributed by atoms with E-state index >= 15 is 0 Å². The van der Waals surface area contributed by atoms with Gasteiger partial charge in [-0.1, -0.05) is 36.4 Å². The maximum absolute atomic E-state index is 9.63. The molecule has 0 fully saturated rings. The van der Waals surface area contributed by atoms with Crippen molar-refractivity contribution in [2.24, 2.45) is 0 Å². The number of ether oxygens (including phenoxy) is 1. The second kappa shape index (κ2) is 8.22. The molecule has 2 aromatic rings. The van der Waals surface area contributed by atoms with Crippen LogP contribution in [0.1, 0.15) is 0 Å². The fourth-order valence-corrected chi connectivity index (χ4v) is 2.36. The normalized spacial score (nSPS) is 11.3. The Labute approximate surface area is 126 Å². The van der Waals surface area contributed by atoms with E-state index in [-0.39, 0.29) is 0 Å². The summed E-state index contributed by atoms with van der Waals surface area (Å²) < 4.78 is 27.8. The first-order chi connectivity index (χ1) is 10.2. The minimum absolute atomic E-state index is 0.869.